The third-order valence-electron chi connectivity index (χ3n) is 3.87. The predicted octanol–water partition coefficient (Wildman–Crippen LogP) is 2.80. The average molecular weight is 333 g/mol. The molecular formula is C19H15N3O3. The van der Waals surface area contributed by atoms with E-state index in [-0.39, 0.29) is 12.7 Å². The van der Waals surface area contributed by atoms with E-state index >= 15 is 0 Å². The van der Waals surface area contributed by atoms with E-state index < -0.39 is 0 Å². The Hall–Kier alpha value is -3.41. The molecule has 0 unspecified atom stereocenters. The van der Waals surface area contributed by atoms with Crippen molar-refractivity contribution in [1.29, 1.82) is 0 Å². The number of nitrogens with one attached hydrogen (secondary N) is 1. The zero-order valence-electron chi connectivity index (χ0n) is 13.3. The van der Waals surface area contributed by atoms with Gasteiger partial charge < -0.3 is 14.8 Å². The quantitative estimate of drug-likeness (QED) is 0.795. The maximum absolute atomic E-state index is 12.3. The summed E-state index contributed by atoms with van der Waals surface area (Å²) >= 11 is 0. The lowest BCUT2D eigenvalue weighted by Gasteiger charge is -2.07. The number of amides is 1. The monoisotopic (exact) mass is 333 g/mol. The number of hydrogen-bond acceptors (Lipinski definition) is 5. The molecular weight excluding hydrogens is 318 g/mol. The summed E-state index contributed by atoms with van der Waals surface area (Å²) in [6, 6.07) is 12.8. The second-order valence-electron chi connectivity index (χ2n) is 5.54. The van der Waals surface area contributed by atoms with Crippen LogP contribution in [0.5, 0.6) is 11.5 Å². The fraction of sp³-hybridized carbons (Fsp3) is 0.105. The highest BCUT2D eigenvalue weighted by molar-refractivity contribution is 5.94. The molecule has 0 bridgehead atoms. The number of nitrogens with zero attached hydrogens (tertiary/aromatic N) is 2. The van der Waals surface area contributed by atoms with Crippen LogP contribution in [0.15, 0.2) is 61.1 Å². The minimum atomic E-state index is -0.172. The lowest BCUT2D eigenvalue weighted by Crippen LogP contribution is -2.22. The molecule has 4 rings (SSSR count). The van der Waals surface area contributed by atoms with E-state index in [0.29, 0.717) is 23.6 Å². The lowest BCUT2D eigenvalue weighted by molar-refractivity contribution is 0.0950. The zero-order chi connectivity index (χ0) is 17.1. The molecule has 6 nitrogen and oxygen atoms in total. The van der Waals surface area contributed by atoms with Gasteiger partial charge in [-0.2, -0.15) is 0 Å². The van der Waals surface area contributed by atoms with E-state index in [2.05, 4.69) is 15.3 Å². The van der Waals surface area contributed by atoms with Gasteiger partial charge in [-0.05, 0) is 42.0 Å². The molecule has 0 atom stereocenters. The third kappa shape index (κ3) is 3.28. The van der Waals surface area contributed by atoms with Gasteiger partial charge in [-0.25, -0.2) is 0 Å². The van der Waals surface area contributed by atoms with Crippen molar-refractivity contribution in [1.82, 2.24) is 15.3 Å². The second kappa shape index (κ2) is 6.60. The van der Waals surface area contributed by atoms with E-state index in [0.717, 1.165) is 16.8 Å². The molecule has 0 spiro atoms. The van der Waals surface area contributed by atoms with Crippen molar-refractivity contribution < 1.29 is 14.3 Å². The highest BCUT2D eigenvalue weighted by Gasteiger charge is 2.16. The highest BCUT2D eigenvalue weighted by atomic mass is 16.7. The van der Waals surface area contributed by atoms with Gasteiger partial charge in [0.05, 0.1) is 5.69 Å². The Kier molecular flexibility index (Phi) is 4.00. The van der Waals surface area contributed by atoms with Gasteiger partial charge in [-0.1, -0.05) is 6.07 Å². The van der Waals surface area contributed by atoms with Crippen LogP contribution in [0.25, 0.3) is 11.3 Å². The number of pyridine rings is 2. The summed E-state index contributed by atoms with van der Waals surface area (Å²) in [6.07, 6.45) is 5.25. The fourth-order valence-corrected chi connectivity index (χ4v) is 2.54. The first-order valence-electron chi connectivity index (χ1n) is 7.83. The SMILES string of the molecule is O=C(NCc1ccc(-c2cccnc2)nc1)c1ccc2c(c1)OCO2. The number of benzene rings is 1. The molecule has 2 aromatic heterocycles. The molecule has 6 heteroatoms. The molecule has 0 saturated carbocycles. The van der Waals surface area contributed by atoms with Crippen LogP contribution in [-0.4, -0.2) is 22.7 Å². The Balaban J connectivity index is 1.40. The molecule has 3 aromatic rings. The van der Waals surface area contributed by atoms with Gasteiger partial charge in [0, 0.05) is 36.3 Å². The van der Waals surface area contributed by atoms with E-state index in [1.54, 1.807) is 36.8 Å². The molecule has 1 aromatic carbocycles. The summed E-state index contributed by atoms with van der Waals surface area (Å²) in [6.45, 7) is 0.586. The largest absolute Gasteiger partial charge is 0.454 e. The maximum Gasteiger partial charge on any atom is 0.251 e. The second-order valence-corrected chi connectivity index (χ2v) is 5.54. The van der Waals surface area contributed by atoms with Crippen molar-refractivity contribution in [2.45, 2.75) is 6.54 Å². The smallest absolute Gasteiger partial charge is 0.251 e. The molecule has 1 amide bonds. The summed E-state index contributed by atoms with van der Waals surface area (Å²) in [4.78, 5) is 20.8. The standard InChI is InChI=1S/C19H15N3O3/c23-19(14-4-6-17-18(8-14)25-12-24-17)22-10-13-3-5-16(21-9-13)15-2-1-7-20-11-15/h1-9,11H,10,12H2,(H,22,23). The minimum Gasteiger partial charge on any atom is -0.454 e. The summed E-state index contributed by atoms with van der Waals surface area (Å²) < 4.78 is 10.5. The van der Waals surface area contributed by atoms with Gasteiger partial charge in [0.2, 0.25) is 6.79 Å². The maximum atomic E-state index is 12.3. The van der Waals surface area contributed by atoms with Crippen molar-refractivity contribution in [3.05, 3.63) is 72.2 Å². The number of carbonyl (C=O) groups excluding carboxylic acids is 1. The van der Waals surface area contributed by atoms with Crippen LogP contribution in [0.1, 0.15) is 15.9 Å². The molecule has 1 N–H and O–H groups in total. The number of fused-ring (bicyclic) bond motifs is 1. The van der Waals surface area contributed by atoms with E-state index in [1.807, 2.05) is 24.3 Å². The molecule has 0 fully saturated rings. The molecule has 1 aliphatic rings. The third-order valence-corrected chi connectivity index (χ3v) is 3.87. The topological polar surface area (TPSA) is 73.3 Å². The van der Waals surface area contributed by atoms with Crippen LogP contribution >= 0.6 is 0 Å². The van der Waals surface area contributed by atoms with Crippen molar-refractivity contribution in [3.8, 4) is 22.8 Å². The van der Waals surface area contributed by atoms with Gasteiger partial charge in [-0.15, -0.1) is 0 Å². The van der Waals surface area contributed by atoms with Crippen molar-refractivity contribution in [2.24, 2.45) is 0 Å². The van der Waals surface area contributed by atoms with E-state index in [9.17, 15) is 4.79 Å². The molecule has 124 valence electrons. The number of rotatable bonds is 4. The molecule has 0 aliphatic carbocycles. The van der Waals surface area contributed by atoms with Gasteiger partial charge >= 0.3 is 0 Å². The first-order valence-corrected chi connectivity index (χ1v) is 7.83. The normalized spacial score (nSPS) is 12.0. The Labute approximate surface area is 144 Å². The average Bonchev–Trinajstić information content (AvgIpc) is 3.15. The fourth-order valence-electron chi connectivity index (χ4n) is 2.54. The van der Waals surface area contributed by atoms with Crippen LogP contribution in [0.3, 0.4) is 0 Å². The summed E-state index contributed by atoms with van der Waals surface area (Å²) in [5, 5.41) is 2.88. The molecule has 25 heavy (non-hydrogen) atoms. The van der Waals surface area contributed by atoms with Gasteiger partial charge in [-0.3, -0.25) is 14.8 Å². The Bertz CT molecular complexity index is 896. The van der Waals surface area contributed by atoms with Crippen LogP contribution in [0.2, 0.25) is 0 Å². The minimum absolute atomic E-state index is 0.172. The molecule has 3 heterocycles. The van der Waals surface area contributed by atoms with Crippen LogP contribution < -0.4 is 14.8 Å². The molecule has 0 radical (unpaired) electrons. The number of hydrogen-bond donors (Lipinski definition) is 1. The van der Waals surface area contributed by atoms with Crippen molar-refractivity contribution in [2.75, 3.05) is 6.79 Å². The summed E-state index contributed by atoms with van der Waals surface area (Å²) in [7, 11) is 0. The lowest BCUT2D eigenvalue weighted by atomic mass is 10.1. The number of carbonyl (C=O) groups is 1. The number of ether oxygens (including phenoxy) is 2. The molecule has 0 saturated heterocycles. The van der Waals surface area contributed by atoms with Gasteiger partial charge in [0.25, 0.3) is 5.91 Å². The predicted molar refractivity (Wildman–Crippen MR) is 91.2 cm³/mol. The Morgan fingerprint density at radius 2 is 2.00 bits per heavy atom. The van der Waals surface area contributed by atoms with Crippen molar-refractivity contribution >= 4 is 5.91 Å². The van der Waals surface area contributed by atoms with Crippen molar-refractivity contribution in [3.63, 3.8) is 0 Å². The summed E-state index contributed by atoms with van der Waals surface area (Å²) in [5.41, 5.74) is 3.25. The highest BCUT2D eigenvalue weighted by Crippen LogP contribution is 2.32. The molecule has 1 aliphatic heterocycles. The van der Waals surface area contributed by atoms with E-state index in [1.165, 1.54) is 0 Å². The van der Waals surface area contributed by atoms with Crippen LogP contribution in [0, 0.1) is 0 Å². The van der Waals surface area contributed by atoms with Crippen LogP contribution in [0.4, 0.5) is 0 Å². The zero-order valence-corrected chi connectivity index (χ0v) is 13.3. The Morgan fingerprint density at radius 3 is 2.80 bits per heavy atom. The summed E-state index contributed by atoms with van der Waals surface area (Å²) in [5.74, 6) is 1.08. The first kappa shape index (κ1) is 15.1. The number of aromatic nitrogens is 2. The first-order chi connectivity index (χ1) is 12.3. The Morgan fingerprint density at radius 1 is 1.08 bits per heavy atom. The van der Waals surface area contributed by atoms with Gasteiger partial charge in [0.1, 0.15) is 0 Å². The van der Waals surface area contributed by atoms with Gasteiger partial charge in [0.15, 0.2) is 11.5 Å². The van der Waals surface area contributed by atoms with E-state index in [4.69, 9.17) is 9.47 Å². The van der Waals surface area contributed by atoms with Crippen LogP contribution in [-0.2, 0) is 6.54 Å².